The molecule has 0 atom stereocenters. The quantitative estimate of drug-likeness (QED) is 0.364. The van der Waals surface area contributed by atoms with E-state index in [1.807, 2.05) is 30.3 Å². The van der Waals surface area contributed by atoms with Gasteiger partial charge < -0.3 is 5.32 Å². The Morgan fingerprint density at radius 2 is 1.80 bits per heavy atom. The first-order chi connectivity index (χ1) is 14.3. The molecule has 2 aromatic heterocycles. The van der Waals surface area contributed by atoms with Crippen molar-refractivity contribution < 1.29 is 4.79 Å². The number of amides is 1. The predicted molar refractivity (Wildman–Crippen MR) is 124 cm³/mol. The van der Waals surface area contributed by atoms with E-state index in [9.17, 15) is 9.59 Å². The molecule has 30 heavy (non-hydrogen) atoms. The van der Waals surface area contributed by atoms with Crippen molar-refractivity contribution in [3.05, 3.63) is 90.2 Å². The molecule has 0 fully saturated rings. The van der Waals surface area contributed by atoms with Crippen molar-refractivity contribution in [2.24, 2.45) is 0 Å². The van der Waals surface area contributed by atoms with E-state index in [0.29, 0.717) is 37.9 Å². The number of nitrogens with one attached hydrogen (secondary N) is 1. The van der Waals surface area contributed by atoms with Crippen LogP contribution in [-0.4, -0.2) is 15.5 Å². The van der Waals surface area contributed by atoms with Crippen LogP contribution >= 0.6 is 46.1 Å². The van der Waals surface area contributed by atoms with Crippen molar-refractivity contribution in [1.82, 2.24) is 9.55 Å². The molecule has 0 aliphatic carbocycles. The van der Waals surface area contributed by atoms with E-state index >= 15 is 0 Å². The van der Waals surface area contributed by atoms with Crippen LogP contribution in [-0.2, 0) is 6.54 Å². The summed E-state index contributed by atoms with van der Waals surface area (Å²) >= 11 is 19.3. The molecule has 2 aromatic carbocycles. The average Bonchev–Trinajstić information content (AvgIpc) is 3.06. The molecular weight excluding hydrogens is 465 g/mol. The molecule has 0 radical (unpaired) electrons. The Morgan fingerprint density at radius 3 is 2.53 bits per heavy atom. The Morgan fingerprint density at radius 1 is 1.10 bits per heavy atom. The van der Waals surface area contributed by atoms with Crippen LogP contribution in [0.4, 0.5) is 5.69 Å². The van der Waals surface area contributed by atoms with Gasteiger partial charge in [-0.2, -0.15) is 0 Å². The van der Waals surface area contributed by atoms with Gasteiger partial charge >= 0.3 is 0 Å². The fourth-order valence-corrected chi connectivity index (χ4v) is 4.69. The van der Waals surface area contributed by atoms with E-state index in [2.05, 4.69) is 10.3 Å². The lowest BCUT2D eigenvalue weighted by Gasteiger charge is -2.08. The molecule has 0 spiro atoms. The number of aryl methyl sites for hydroxylation is 1. The van der Waals surface area contributed by atoms with Gasteiger partial charge in [0.25, 0.3) is 11.5 Å². The summed E-state index contributed by atoms with van der Waals surface area (Å²) in [5, 5.41) is 3.99. The summed E-state index contributed by atoms with van der Waals surface area (Å²) < 4.78 is 1.54. The zero-order valence-electron chi connectivity index (χ0n) is 15.6. The third-order valence-electron chi connectivity index (χ3n) is 4.58. The van der Waals surface area contributed by atoms with E-state index in [1.165, 1.54) is 23.0 Å². The minimum absolute atomic E-state index is 0.191. The van der Waals surface area contributed by atoms with E-state index in [4.69, 9.17) is 34.8 Å². The number of carbonyl (C=O) groups excluding carboxylic acids is 1. The monoisotopic (exact) mass is 477 g/mol. The summed E-state index contributed by atoms with van der Waals surface area (Å²) in [6.07, 6.45) is 1.51. The zero-order chi connectivity index (χ0) is 21.4. The molecule has 0 aliphatic heterocycles. The molecular formula is C21H14Cl3N3O2S. The zero-order valence-corrected chi connectivity index (χ0v) is 18.7. The van der Waals surface area contributed by atoms with E-state index in [-0.39, 0.29) is 15.6 Å². The molecule has 9 heteroatoms. The van der Waals surface area contributed by atoms with Crippen molar-refractivity contribution in [2.75, 3.05) is 5.32 Å². The van der Waals surface area contributed by atoms with Crippen LogP contribution in [0.5, 0.6) is 0 Å². The lowest BCUT2D eigenvalue weighted by atomic mass is 10.2. The molecule has 4 aromatic rings. The number of benzene rings is 2. The maximum atomic E-state index is 13.0. The van der Waals surface area contributed by atoms with Gasteiger partial charge in [-0.15, -0.1) is 11.3 Å². The van der Waals surface area contributed by atoms with Crippen molar-refractivity contribution in [1.29, 1.82) is 0 Å². The van der Waals surface area contributed by atoms with Crippen molar-refractivity contribution in [3.8, 4) is 0 Å². The highest BCUT2D eigenvalue weighted by Crippen LogP contribution is 2.34. The number of aromatic nitrogens is 2. The number of halogens is 3. The maximum Gasteiger partial charge on any atom is 0.266 e. The Kier molecular flexibility index (Phi) is 5.84. The molecule has 0 aliphatic rings. The van der Waals surface area contributed by atoms with Crippen LogP contribution in [0.1, 0.15) is 20.8 Å². The Hall–Kier alpha value is -2.38. The van der Waals surface area contributed by atoms with Crippen molar-refractivity contribution in [3.63, 3.8) is 0 Å². The van der Waals surface area contributed by atoms with Crippen LogP contribution in [0.2, 0.25) is 15.1 Å². The van der Waals surface area contributed by atoms with E-state index in [1.54, 1.807) is 6.92 Å². The predicted octanol–water partition coefficient (Wildman–Crippen LogP) is 6.03. The van der Waals surface area contributed by atoms with Crippen LogP contribution in [0.3, 0.4) is 0 Å². The normalized spacial score (nSPS) is 11.1. The molecule has 0 saturated carbocycles. The second-order valence-electron chi connectivity index (χ2n) is 6.60. The second-order valence-corrected chi connectivity index (χ2v) is 8.82. The van der Waals surface area contributed by atoms with Crippen molar-refractivity contribution in [2.45, 2.75) is 13.5 Å². The molecule has 4 rings (SSSR count). The Labute approximate surface area is 190 Å². The molecule has 1 N–H and O–H groups in total. The molecule has 2 heterocycles. The molecule has 0 unspecified atom stereocenters. The number of anilines is 1. The molecule has 0 bridgehead atoms. The van der Waals surface area contributed by atoms with Gasteiger partial charge in [-0.25, -0.2) is 4.98 Å². The van der Waals surface area contributed by atoms with Crippen LogP contribution in [0.25, 0.3) is 10.2 Å². The lowest BCUT2D eigenvalue weighted by Crippen LogP contribution is -2.21. The van der Waals surface area contributed by atoms with Gasteiger partial charge in [0, 0.05) is 0 Å². The first kappa shape index (κ1) is 20.9. The van der Waals surface area contributed by atoms with E-state index < -0.39 is 5.91 Å². The SMILES string of the molecule is Cc1c(C(=O)Nc2cc(Cl)c(Cl)cc2Cl)sc2ncn(Cc3ccccc3)c(=O)c12. The standard InChI is InChI=1S/C21H14Cl3N3O2S/c1-11-17-20(25-10-27(21(17)29)9-12-5-3-2-4-6-12)30-18(11)19(28)26-16-8-14(23)13(22)7-15(16)24/h2-8,10H,9H2,1H3,(H,26,28). The summed E-state index contributed by atoms with van der Waals surface area (Å²) in [7, 11) is 0. The number of thiophene rings is 1. The summed E-state index contributed by atoms with van der Waals surface area (Å²) in [6, 6.07) is 12.6. The fraction of sp³-hybridized carbons (Fsp3) is 0.0952. The first-order valence-electron chi connectivity index (χ1n) is 8.83. The van der Waals surface area contributed by atoms with Crippen molar-refractivity contribution >= 4 is 68.0 Å². The third-order valence-corrected chi connectivity index (χ3v) is 6.81. The topological polar surface area (TPSA) is 64.0 Å². The third kappa shape index (κ3) is 3.96. The highest BCUT2D eigenvalue weighted by Gasteiger charge is 2.20. The van der Waals surface area contributed by atoms with Gasteiger partial charge in [0.2, 0.25) is 0 Å². The first-order valence-corrected chi connectivity index (χ1v) is 10.8. The van der Waals surface area contributed by atoms with Crippen LogP contribution in [0, 0.1) is 6.92 Å². The summed E-state index contributed by atoms with van der Waals surface area (Å²) in [5.41, 5.74) is 1.70. The summed E-state index contributed by atoms with van der Waals surface area (Å²) in [6.45, 7) is 2.14. The summed E-state index contributed by atoms with van der Waals surface area (Å²) in [4.78, 5) is 31.2. The average molecular weight is 479 g/mol. The Bertz CT molecular complexity index is 1330. The summed E-state index contributed by atoms with van der Waals surface area (Å²) in [5.74, 6) is -0.398. The van der Waals surface area contributed by atoms with Gasteiger partial charge in [0.15, 0.2) is 0 Å². The van der Waals surface area contributed by atoms with Gasteiger partial charge in [-0.3, -0.25) is 14.2 Å². The number of fused-ring (bicyclic) bond motifs is 1. The Balaban J connectivity index is 1.70. The highest BCUT2D eigenvalue weighted by molar-refractivity contribution is 7.20. The highest BCUT2D eigenvalue weighted by atomic mass is 35.5. The van der Waals surface area contributed by atoms with Gasteiger partial charge in [-0.1, -0.05) is 65.1 Å². The van der Waals surface area contributed by atoms with E-state index in [0.717, 1.165) is 16.9 Å². The fourth-order valence-electron chi connectivity index (χ4n) is 3.07. The number of rotatable bonds is 4. The van der Waals surface area contributed by atoms with Gasteiger partial charge in [0.05, 0.1) is 43.9 Å². The van der Waals surface area contributed by atoms with Crippen LogP contribution in [0.15, 0.2) is 53.6 Å². The number of hydrogen-bond acceptors (Lipinski definition) is 4. The number of nitrogens with zero attached hydrogens (tertiary/aromatic N) is 2. The molecule has 0 saturated heterocycles. The molecule has 5 nitrogen and oxygen atoms in total. The minimum atomic E-state index is -0.398. The number of hydrogen-bond donors (Lipinski definition) is 1. The van der Waals surface area contributed by atoms with Gasteiger partial charge in [0.1, 0.15) is 4.83 Å². The molecule has 1 amide bonds. The van der Waals surface area contributed by atoms with Crippen LogP contribution < -0.4 is 10.9 Å². The maximum absolute atomic E-state index is 13.0. The molecule has 152 valence electrons. The lowest BCUT2D eigenvalue weighted by molar-refractivity contribution is 0.103. The largest absolute Gasteiger partial charge is 0.320 e. The minimum Gasteiger partial charge on any atom is -0.320 e. The second kappa shape index (κ2) is 8.40. The van der Waals surface area contributed by atoms with Gasteiger partial charge in [-0.05, 0) is 30.2 Å². The number of carbonyl (C=O) groups is 1. The smallest absolute Gasteiger partial charge is 0.266 e.